The molecule has 1 saturated heterocycles. The highest BCUT2D eigenvalue weighted by molar-refractivity contribution is 6.01. The van der Waals surface area contributed by atoms with Crippen LogP contribution in [0, 0.1) is 5.82 Å². The van der Waals surface area contributed by atoms with Gasteiger partial charge in [-0.1, -0.05) is 6.07 Å². The molecular weight excluding hydrogens is 445 g/mol. The van der Waals surface area contributed by atoms with Crippen LogP contribution in [0.5, 0.6) is 5.75 Å². The van der Waals surface area contributed by atoms with Crippen LogP contribution in [-0.4, -0.2) is 59.5 Å². The number of carbonyl (C=O) groups is 1. The van der Waals surface area contributed by atoms with Crippen molar-refractivity contribution in [3.8, 4) is 5.75 Å². The van der Waals surface area contributed by atoms with Crippen molar-refractivity contribution in [3.63, 3.8) is 0 Å². The summed E-state index contributed by atoms with van der Waals surface area (Å²) in [5.74, 6) is 0.171. The third-order valence-corrected chi connectivity index (χ3v) is 6.78. The Morgan fingerprint density at radius 1 is 1.31 bits per heavy atom. The van der Waals surface area contributed by atoms with Gasteiger partial charge in [-0.05, 0) is 74.7 Å². The largest absolute Gasteiger partial charge is 0.496 e. The Kier molecular flexibility index (Phi) is 6.63. The summed E-state index contributed by atoms with van der Waals surface area (Å²) in [5, 5.41) is 11.7. The standard InChI is InChI=1S/C27H30FN5O2/c1-17-13-18(10-11-29-17)26-21-14-19(8-9-24(21)31-32-26)27(34)30-20-5-4-12-33(15-20)16-22-23(28)6-3-7-25(22)35-2/h3,6-11,14,17,20H,4-5,12-13,15-16H2,1-2H3,(H,30,34)(H,31,32)/t17?,20-/m1/s1. The monoisotopic (exact) mass is 475 g/mol. The fraction of sp³-hybridized carbons (Fsp3) is 0.370. The van der Waals surface area contributed by atoms with E-state index in [1.54, 1.807) is 19.2 Å². The second kappa shape index (κ2) is 10.00. The van der Waals surface area contributed by atoms with E-state index in [1.807, 2.05) is 30.5 Å². The average Bonchev–Trinajstić information content (AvgIpc) is 3.29. The molecule has 0 saturated carbocycles. The number of amides is 1. The van der Waals surface area contributed by atoms with E-state index in [0.29, 0.717) is 30.0 Å². The molecule has 2 aliphatic rings. The number of piperidine rings is 1. The summed E-state index contributed by atoms with van der Waals surface area (Å²) in [6.45, 7) is 4.04. The Hall–Kier alpha value is -3.52. The van der Waals surface area contributed by atoms with E-state index in [4.69, 9.17) is 4.74 Å². The molecule has 1 aromatic heterocycles. The quantitative estimate of drug-likeness (QED) is 0.555. The molecule has 182 valence electrons. The van der Waals surface area contributed by atoms with Crippen molar-refractivity contribution < 1.29 is 13.9 Å². The van der Waals surface area contributed by atoms with Crippen molar-refractivity contribution in [1.29, 1.82) is 0 Å². The number of aromatic amines is 1. The van der Waals surface area contributed by atoms with E-state index in [2.05, 4.69) is 32.3 Å². The topological polar surface area (TPSA) is 82.6 Å². The molecule has 1 unspecified atom stereocenters. The molecule has 35 heavy (non-hydrogen) atoms. The first-order valence-corrected chi connectivity index (χ1v) is 12.1. The number of allylic oxidation sites excluding steroid dienone is 1. The summed E-state index contributed by atoms with van der Waals surface area (Å²) >= 11 is 0. The molecule has 2 aliphatic heterocycles. The van der Waals surface area contributed by atoms with Crippen LogP contribution in [-0.2, 0) is 6.54 Å². The second-order valence-electron chi connectivity index (χ2n) is 9.34. The molecule has 2 N–H and O–H groups in total. The van der Waals surface area contributed by atoms with Crippen LogP contribution in [0.4, 0.5) is 4.39 Å². The van der Waals surface area contributed by atoms with Crippen LogP contribution in [0.1, 0.15) is 47.8 Å². The number of hydrogen-bond donors (Lipinski definition) is 2. The van der Waals surface area contributed by atoms with Crippen molar-refractivity contribution in [2.75, 3.05) is 20.2 Å². The first kappa shape index (κ1) is 23.2. The lowest BCUT2D eigenvalue weighted by molar-refractivity contribution is 0.0899. The molecule has 1 fully saturated rings. The molecule has 0 aliphatic carbocycles. The molecule has 3 heterocycles. The van der Waals surface area contributed by atoms with Crippen LogP contribution in [0.2, 0.25) is 0 Å². The molecule has 1 amide bonds. The summed E-state index contributed by atoms with van der Waals surface area (Å²) < 4.78 is 19.8. The third kappa shape index (κ3) is 4.98. The van der Waals surface area contributed by atoms with E-state index < -0.39 is 0 Å². The molecular formula is C27H30FN5O2. The highest BCUT2D eigenvalue weighted by Gasteiger charge is 2.24. The summed E-state index contributed by atoms with van der Waals surface area (Å²) in [6.07, 6.45) is 6.45. The molecule has 0 spiro atoms. The average molecular weight is 476 g/mol. The van der Waals surface area contributed by atoms with Crippen LogP contribution in [0.3, 0.4) is 0 Å². The van der Waals surface area contributed by atoms with Gasteiger partial charge in [-0.2, -0.15) is 5.10 Å². The maximum absolute atomic E-state index is 14.4. The number of hydrogen-bond acceptors (Lipinski definition) is 5. The zero-order valence-electron chi connectivity index (χ0n) is 20.1. The minimum atomic E-state index is -0.270. The summed E-state index contributed by atoms with van der Waals surface area (Å²) in [4.78, 5) is 19.7. The minimum Gasteiger partial charge on any atom is -0.496 e. The molecule has 5 rings (SSSR count). The number of fused-ring (bicyclic) bond motifs is 1. The van der Waals surface area contributed by atoms with Gasteiger partial charge in [0.15, 0.2) is 0 Å². The van der Waals surface area contributed by atoms with Crippen molar-refractivity contribution in [1.82, 2.24) is 20.4 Å². The van der Waals surface area contributed by atoms with Gasteiger partial charge in [-0.15, -0.1) is 0 Å². The van der Waals surface area contributed by atoms with E-state index in [-0.39, 0.29) is 23.8 Å². The van der Waals surface area contributed by atoms with E-state index >= 15 is 0 Å². The molecule has 2 atom stereocenters. The second-order valence-corrected chi connectivity index (χ2v) is 9.34. The summed E-state index contributed by atoms with van der Waals surface area (Å²) in [5.41, 5.74) is 4.04. The van der Waals surface area contributed by atoms with Crippen molar-refractivity contribution in [2.45, 2.75) is 44.8 Å². The molecule has 7 nitrogen and oxygen atoms in total. The lowest BCUT2D eigenvalue weighted by Gasteiger charge is -2.33. The van der Waals surface area contributed by atoms with Gasteiger partial charge >= 0.3 is 0 Å². The number of rotatable bonds is 6. The van der Waals surface area contributed by atoms with E-state index in [1.165, 1.54) is 6.07 Å². The normalized spacial score (nSPS) is 20.6. The summed E-state index contributed by atoms with van der Waals surface area (Å²) in [6, 6.07) is 10.7. The van der Waals surface area contributed by atoms with Crippen LogP contribution >= 0.6 is 0 Å². The molecule has 2 aromatic carbocycles. The lowest BCUT2D eigenvalue weighted by atomic mass is 9.98. The number of nitrogens with one attached hydrogen (secondary N) is 2. The Labute approximate surface area is 204 Å². The van der Waals surface area contributed by atoms with Gasteiger partial charge in [-0.3, -0.25) is 19.8 Å². The molecule has 3 aromatic rings. The van der Waals surface area contributed by atoms with Crippen molar-refractivity contribution >= 4 is 28.6 Å². The number of methoxy groups -OCH3 is 1. The maximum atomic E-state index is 14.4. The zero-order chi connectivity index (χ0) is 24.4. The van der Waals surface area contributed by atoms with Gasteiger partial charge in [0.05, 0.1) is 24.4 Å². The Morgan fingerprint density at radius 2 is 2.20 bits per heavy atom. The van der Waals surface area contributed by atoms with Gasteiger partial charge in [0, 0.05) is 41.9 Å². The van der Waals surface area contributed by atoms with Crippen LogP contribution in [0.25, 0.3) is 16.5 Å². The summed E-state index contributed by atoms with van der Waals surface area (Å²) in [7, 11) is 1.55. The SMILES string of the molecule is COc1cccc(F)c1CN1CCC[C@@H](NC(=O)c2ccc3[nH]nc(C4=CC=NC(C)C4)c3c2)C1. The van der Waals surface area contributed by atoms with Gasteiger partial charge in [0.1, 0.15) is 11.6 Å². The first-order chi connectivity index (χ1) is 17.0. The number of aliphatic imine (C=N–C) groups is 1. The van der Waals surface area contributed by atoms with Gasteiger partial charge < -0.3 is 10.1 Å². The van der Waals surface area contributed by atoms with Crippen LogP contribution < -0.4 is 10.1 Å². The van der Waals surface area contributed by atoms with E-state index in [9.17, 15) is 9.18 Å². The number of benzene rings is 2. The smallest absolute Gasteiger partial charge is 0.251 e. The number of likely N-dealkylation sites (tertiary alicyclic amines) is 1. The predicted molar refractivity (Wildman–Crippen MR) is 135 cm³/mol. The predicted octanol–water partition coefficient (Wildman–Crippen LogP) is 4.35. The fourth-order valence-corrected chi connectivity index (χ4v) is 4.99. The van der Waals surface area contributed by atoms with Crippen LogP contribution in [0.15, 0.2) is 47.5 Å². The first-order valence-electron chi connectivity index (χ1n) is 12.1. The molecule has 8 heteroatoms. The Bertz CT molecular complexity index is 1300. The van der Waals surface area contributed by atoms with Gasteiger partial charge in [0.25, 0.3) is 5.91 Å². The highest BCUT2D eigenvalue weighted by Crippen LogP contribution is 2.29. The number of ether oxygens (including phenoxy) is 1. The van der Waals surface area contributed by atoms with Gasteiger partial charge in [0.2, 0.25) is 0 Å². The number of H-pyrrole nitrogens is 1. The Morgan fingerprint density at radius 3 is 3.03 bits per heavy atom. The number of aromatic nitrogens is 2. The number of carbonyl (C=O) groups excluding carboxylic acids is 1. The maximum Gasteiger partial charge on any atom is 0.251 e. The number of dihydropyridines is 1. The van der Waals surface area contributed by atoms with Crippen molar-refractivity contribution in [2.24, 2.45) is 4.99 Å². The zero-order valence-corrected chi connectivity index (χ0v) is 20.1. The minimum absolute atomic E-state index is 0.00773. The third-order valence-electron chi connectivity index (χ3n) is 6.78. The fourth-order valence-electron chi connectivity index (χ4n) is 4.99. The number of halogens is 1. The lowest BCUT2D eigenvalue weighted by Crippen LogP contribution is -2.47. The Balaban J connectivity index is 1.29. The number of nitrogens with zero attached hydrogens (tertiary/aromatic N) is 3. The highest BCUT2D eigenvalue weighted by atomic mass is 19.1. The van der Waals surface area contributed by atoms with Crippen molar-refractivity contribution in [3.05, 3.63) is 65.1 Å². The van der Waals surface area contributed by atoms with E-state index in [0.717, 1.165) is 48.0 Å². The molecule has 0 bridgehead atoms. The molecule has 0 radical (unpaired) electrons. The van der Waals surface area contributed by atoms with Gasteiger partial charge in [-0.25, -0.2) is 4.39 Å².